The number of hydrogen-bond acceptors (Lipinski definition) is 9. The third-order valence-corrected chi connectivity index (χ3v) is 7.98. The van der Waals surface area contributed by atoms with Crippen molar-refractivity contribution in [3.05, 3.63) is 35.9 Å². The molecule has 34 heavy (non-hydrogen) atoms. The van der Waals surface area contributed by atoms with E-state index in [1.165, 1.54) is 5.56 Å². The summed E-state index contributed by atoms with van der Waals surface area (Å²) in [5.41, 5.74) is 8.35. The Morgan fingerprint density at radius 1 is 1.15 bits per heavy atom. The largest absolute Gasteiger partial charge is 0.390 e. The number of anilines is 1. The lowest BCUT2D eigenvalue weighted by molar-refractivity contribution is 0.00624. The molecule has 2 fully saturated rings. The molecule has 184 valence electrons. The first-order valence-corrected chi connectivity index (χ1v) is 12.6. The monoisotopic (exact) mass is 505 g/mol. The van der Waals surface area contributed by atoms with Crippen LogP contribution in [0.25, 0.3) is 11.2 Å². The molecule has 11 heteroatoms. The van der Waals surface area contributed by atoms with E-state index in [1.54, 1.807) is 16.4 Å². The van der Waals surface area contributed by atoms with E-state index in [1.807, 2.05) is 6.07 Å². The van der Waals surface area contributed by atoms with Crippen LogP contribution in [0.15, 0.2) is 35.5 Å². The summed E-state index contributed by atoms with van der Waals surface area (Å²) in [7, 11) is 2.06. The second kappa shape index (κ2) is 10.3. The van der Waals surface area contributed by atoms with Gasteiger partial charge in [-0.15, -0.1) is 17.5 Å². The van der Waals surface area contributed by atoms with Crippen LogP contribution in [0.2, 0.25) is 0 Å². The molecule has 2 saturated carbocycles. The number of fused-ring (bicyclic) bond motifs is 1. The van der Waals surface area contributed by atoms with Crippen molar-refractivity contribution in [2.24, 2.45) is 11.7 Å². The second-order valence-corrected chi connectivity index (χ2v) is 10.2. The Morgan fingerprint density at radius 3 is 2.59 bits per heavy atom. The minimum Gasteiger partial charge on any atom is -0.390 e. The molecule has 3 aromatic rings. The number of likely N-dealkylation sites (N-methyl/N-ethyl adjacent to an activating group) is 1. The zero-order valence-electron chi connectivity index (χ0n) is 19.4. The van der Waals surface area contributed by atoms with Crippen molar-refractivity contribution in [3.63, 3.8) is 0 Å². The third kappa shape index (κ3) is 4.49. The van der Waals surface area contributed by atoms with E-state index in [-0.39, 0.29) is 18.3 Å². The molecular formula is C23H32ClN7O2S. The summed E-state index contributed by atoms with van der Waals surface area (Å²) in [5, 5.41) is 30.6. The molecule has 2 aliphatic carbocycles. The maximum Gasteiger partial charge on any atom is 0.191 e. The van der Waals surface area contributed by atoms with Crippen LogP contribution in [0.5, 0.6) is 0 Å². The SMILES string of the molecule is CCCSc1nc(N(C)C2CC2c2ccccc2)c2nnn(C3CC(CN)C(O)C3O)c2n1.Cl. The standard InChI is InChI=1S/C23H31N7O2S.ClH/c1-3-9-33-23-25-21(29(2)16-11-15(16)13-7-5-4-6-8-13)18-22(26-23)30(28-27-18)17-10-14(12-24)19(31)20(17)32;/h4-8,14-17,19-20,31-32H,3,9-12,24H2,1-2H3;1H. The minimum atomic E-state index is -0.961. The lowest BCUT2D eigenvalue weighted by atomic mass is 10.1. The van der Waals surface area contributed by atoms with Gasteiger partial charge in [0.05, 0.1) is 12.1 Å². The molecule has 0 aliphatic heterocycles. The number of aromatic nitrogens is 5. The average molecular weight is 506 g/mol. The molecule has 0 radical (unpaired) electrons. The first kappa shape index (κ1) is 25.1. The van der Waals surface area contributed by atoms with Crippen molar-refractivity contribution in [2.75, 3.05) is 24.2 Å². The Labute approximate surface area is 209 Å². The third-order valence-electron chi connectivity index (χ3n) is 6.92. The second-order valence-electron chi connectivity index (χ2n) is 9.10. The van der Waals surface area contributed by atoms with Gasteiger partial charge in [0, 0.05) is 30.7 Å². The van der Waals surface area contributed by atoms with E-state index in [9.17, 15) is 10.2 Å². The van der Waals surface area contributed by atoms with Gasteiger partial charge in [0.1, 0.15) is 6.10 Å². The average Bonchev–Trinajstić information content (AvgIpc) is 3.46. The summed E-state index contributed by atoms with van der Waals surface area (Å²) in [6.07, 6.45) is 0.762. The highest BCUT2D eigenvalue weighted by atomic mass is 35.5. The molecule has 6 unspecified atom stereocenters. The fourth-order valence-corrected chi connectivity index (χ4v) is 5.61. The van der Waals surface area contributed by atoms with Crippen molar-refractivity contribution in [3.8, 4) is 0 Å². The predicted octanol–water partition coefficient (Wildman–Crippen LogP) is 2.38. The zero-order chi connectivity index (χ0) is 23.1. The van der Waals surface area contributed by atoms with Gasteiger partial charge in [-0.3, -0.25) is 0 Å². The van der Waals surface area contributed by atoms with Crippen molar-refractivity contribution >= 4 is 41.2 Å². The quantitative estimate of drug-likeness (QED) is 0.312. The molecule has 1 aromatic carbocycles. The van der Waals surface area contributed by atoms with Crippen molar-refractivity contribution in [1.29, 1.82) is 0 Å². The van der Waals surface area contributed by atoms with E-state index in [0.29, 0.717) is 41.2 Å². The van der Waals surface area contributed by atoms with Gasteiger partial charge in [-0.25, -0.2) is 14.6 Å². The van der Waals surface area contributed by atoms with Crippen LogP contribution in [0.1, 0.15) is 43.7 Å². The van der Waals surface area contributed by atoms with Crippen LogP contribution in [0.3, 0.4) is 0 Å². The Bertz CT molecular complexity index is 1120. The first-order chi connectivity index (χ1) is 16.0. The highest BCUT2D eigenvalue weighted by molar-refractivity contribution is 7.99. The number of halogens is 1. The fraction of sp³-hybridized carbons (Fsp3) is 0.565. The highest BCUT2D eigenvalue weighted by Gasteiger charge is 2.45. The minimum absolute atomic E-state index is 0. The number of nitrogens with zero attached hydrogens (tertiary/aromatic N) is 6. The van der Waals surface area contributed by atoms with Crippen LogP contribution in [0.4, 0.5) is 5.82 Å². The maximum absolute atomic E-state index is 10.7. The lowest BCUT2D eigenvalue weighted by Crippen LogP contribution is -2.32. The smallest absolute Gasteiger partial charge is 0.191 e. The molecule has 2 aliphatic rings. The molecular weight excluding hydrogens is 474 g/mol. The van der Waals surface area contributed by atoms with E-state index in [4.69, 9.17) is 15.7 Å². The van der Waals surface area contributed by atoms with Gasteiger partial charge in [0.25, 0.3) is 0 Å². The van der Waals surface area contributed by atoms with Gasteiger partial charge in [0.15, 0.2) is 22.1 Å². The van der Waals surface area contributed by atoms with Gasteiger partial charge in [-0.05, 0) is 31.4 Å². The number of nitrogens with two attached hydrogens (primary N) is 1. The summed E-state index contributed by atoms with van der Waals surface area (Å²) >= 11 is 1.61. The number of thioether (sulfide) groups is 1. The maximum atomic E-state index is 10.7. The normalized spacial score (nSPS) is 28.1. The molecule has 0 saturated heterocycles. The Morgan fingerprint density at radius 2 is 1.91 bits per heavy atom. The van der Waals surface area contributed by atoms with Crippen molar-refractivity contribution < 1.29 is 10.2 Å². The topological polar surface area (TPSA) is 126 Å². The first-order valence-electron chi connectivity index (χ1n) is 11.6. The van der Waals surface area contributed by atoms with Crippen LogP contribution < -0.4 is 10.6 Å². The molecule has 9 nitrogen and oxygen atoms in total. The molecule has 6 atom stereocenters. The Hall–Kier alpha value is -1.98. The molecule has 5 rings (SSSR count). The lowest BCUT2D eigenvalue weighted by Gasteiger charge is -2.20. The van der Waals surface area contributed by atoms with E-state index in [2.05, 4.69) is 53.4 Å². The Kier molecular flexibility index (Phi) is 7.63. The summed E-state index contributed by atoms with van der Waals surface area (Å²) in [5.74, 6) is 1.95. The van der Waals surface area contributed by atoms with E-state index >= 15 is 0 Å². The van der Waals surface area contributed by atoms with Crippen LogP contribution >= 0.6 is 24.2 Å². The van der Waals surface area contributed by atoms with Crippen LogP contribution in [-0.2, 0) is 0 Å². The van der Waals surface area contributed by atoms with Gasteiger partial charge in [0.2, 0.25) is 0 Å². The number of benzene rings is 1. The van der Waals surface area contributed by atoms with Crippen LogP contribution in [-0.4, -0.2) is 72.8 Å². The zero-order valence-corrected chi connectivity index (χ0v) is 21.0. The van der Waals surface area contributed by atoms with Gasteiger partial charge >= 0.3 is 0 Å². The fourth-order valence-electron chi connectivity index (χ4n) is 4.92. The van der Waals surface area contributed by atoms with E-state index < -0.39 is 18.2 Å². The summed E-state index contributed by atoms with van der Waals surface area (Å²) in [6, 6.07) is 10.5. The molecule has 0 bridgehead atoms. The molecule has 2 aromatic heterocycles. The van der Waals surface area contributed by atoms with Gasteiger partial charge < -0.3 is 20.8 Å². The van der Waals surface area contributed by atoms with Gasteiger partial charge in [-0.2, -0.15) is 0 Å². The molecule has 2 heterocycles. The van der Waals surface area contributed by atoms with Crippen LogP contribution in [0, 0.1) is 5.92 Å². The Balaban J connectivity index is 0.00000274. The summed E-state index contributed by atoms with van der Waals surface area (Å²) in [4.78, 5) is 11.8. The number of rotatable bonds is 8. The molecule has 0 amide bonds. The number of aliphatic hydroxyl groups is 2. The molecule has 0 spiro atoms. The summed E-state index contributed by atoms with van der Waals surface area (Å²) in [6.45, 7) is 2.44. The molecule has 4 N–H and O–H groups in total. The van der Waals surface area contributed by atoms with E-state index in [0.717, 1.165) is 24.4 Å². The highest BCUT2D eigenvalue weighted by Crippen LogP contribution is 2.46. The van der Waals surface area contributed by atoms with Crippen molar-refractivity contribution in [2.45, 2.75) is 61.6 Å². The number of hydrogen-bond donors (Lipinski definition) is 3. The van der Waals surface area contributed by atoms with Crippen molar-refractivity contribution in [1.82, 2.24) is 25.0 Å². The van der Waals surface area contributed by atoms with Gasteiger partial charge in [-0.1, -0.05) is 54.2 Å². The number of aliphatic hydroxyl groups excluding tert-OH is 2. The summed E-state index contributed by atoms with van der Waals surface area (Å²) < 4.78 is 1.66. The predicted molar refractivity (Wildman–Crippen MR) is 136 cm³/mol.